The zero-order chi connectivity index (χ0) is 24.9. The molecule has 0 aliphatic heterocycles. The molecule has 4 nitrogen and oxygen atoms in total. The van der Waals surface area contributed by atoms with E-state index in [0.717, 1.165) is 58.8 Å². The molecule has 0 aliphatic rings. The Bertz CT molecular complexity index is 1080. The average Bonchev–Trinajstić information content (AvgIpc) is 2.84. The normalized spacial score (nSPS) is 12.5. The molecule has 1 N–H and O–H groups in total. The number of halogens is 1. The number of aromatic nitrogens is 1. The Hall–Kier alpha value is -3.11. The first-order valence-electron chi connectivity index (χ1n) is 11.7. The predicted molar refractivity (Wildman–Crippen MR) is 147 cm³/mol. The quantitative estimate of drug-likeness (QED) is 0.203. The van der Waals surface area contributed by atoms with E-state index in [4.69, 9.17) is 21.3 Å². The second-order valence-corrected chi connectivity index (χ2v) is 8.50. The Balaban J connectivity index is 2.43. The Morgan fingerprint density at radius 1 is 1.24 bits per heavy atom. The Kier molecular flexibility index (Phi) is 11.3. The number of nitrogens with one attached hydrogen (secondary N) is 1. The van der Waals surface area contributed by atoms with Crippen LogP contribution in [0.3, 0.4) is 0 Å². The minimum absolute atomic E-state index is 0.477. The van der Waals surface area contributed by atoms with E-state index in [2.05, 4.69) is 61.9 Å². The third-order valence-corrected chi connectivity index (χ3v) is 5.43. The largest absolute Gasteiger partial charge is 0.496 e. The molecule has 1 aromatic carbocycles. The lowest BCUT2D eigenvalue weighted by atomic mass is 10.00. The molecule has 0 unspecified atom stereocenters. The number of allylic oxidation sites excluding steroid dienone is 4. The Morgan fingerprint density at radius 2 is 2.03 bits per heavy atom. The highest BCUT2D eigenvalue weighted by atomic mass is 35.5. The van der Waals surface area contributed by atoms with Crippen molar-refractivity contribution in [2.75, 3.05) is 13.7 Å². The zero-order valence-electron chi connectivity index (χ0n) is 21.0. The van der Waals surface area contributed by atoms with Gasteiger partial charge in [0.15, 0.2) is 0 Å². The van der Waals surface area contributed by atoms with Crippen LogP contribution in [0.1, 0.15) is 51.2 Å². The molecular weight excluding hydrogens is 442 g/mol. The van der Waals surface area contributed by atoms with Crippen molar-refractivity contribution >= 4 is 17.4 Å². The lowest BCUT2D eigenvalue weighted by Gasteiger charge is -2.16. The number of hydrogen-bond donors (Lipinski definition) is 1. The van der Waals surface area contributed by atoms with Crippen LogP contribution in [0.15, 0.2) is 83.7 Å². The molecule has 2 aromatic rings. The molecular formula is C29H36ClN3O. The molecule has 1 aromatic heterocycles. The van der Waals surface area contributed by atoms with Crippen LogP contribution in [0.4, 0.5) is 0 Å². The number of aliphatic imine (C=N–C) groups is 1. The lowest BCUT2D eigenvalue weighted by molar-refractivity contribution is 0.412. The maximum Gasteiger partial charge on any atom is 0.133 e. The van der Waals surface area contributed by atoms with Gasteiger partial charge in [-0.05, 0) is 62.7 Å². The van der Waals surface area contributed by atoms with Gasteiger partial charge >= 0.3 is 0 Å². The third kappa shape index (κ3) is 8.35. The molecule has 0 amide bonds. The van der Waals surface area contributed by atoms with E-state index in [1.54, 1.807) is 13.3 Å². The summed E-state index contributed by atoms with van der Waals surface area (Å²) in [4.78, 5) is 9.35. The number of unbranched alkanes of at least 4 members (excludes halogenated alkanes) is 1. The number of ether oxygens (including phenoxy) is 1. The van der Waals surface area contributed by atoms with Crippen LogP contribution in [0, 0.1) is 6.92 Å². The SMILES string of the molecule is C=C(/C=C\C(C)=C\CCC)CN=C(N/C=C/CC)c1cc(-c2ccc(Cl)cn2)cc(OC)c1C. The van der Waals surface area contributed by atoms with Gasteiger partial charge in [-0.25, -0.2) is 0 Å². The molecule has 0 saturated carbocycles. The number of benzene rings is 1. The molecule has 0 spiro atoms. The molecule has 180 valence electrons. The van der Waals surface area contributed by atoms with Gasteiger partial charge in [0.1, 0.15) is 11.6 Å². The molecule has 34 heavy (non-hydrogen) atoms. The van der Waals surface area contributed by atoms with Crippen LogP contribution in [0.5, 0.6) is 5.75 Å². The van der Waals surface area contributed by atoms with E-state index >= 15 is 0 Å². The van der Waals surface area contributed by atoms with E-state index in [-0.39, 0.29) is 0 Å². The maximum absolute atomic E-state index is 6.04. The van der Waals surface area contributed by atoms with Crippen LogP contribution < -0.4 is 10.1 Å². The van der Waals surface area contributed by atoms with E-state index in [0.29, 0.717) is 11.6 Å². The molecule has 0 saturated heterocycles. The van der Waals surface area contributed by atoms with Crippen LogP contribution in [0.2, 0.25) is 5.02 Å². The summed E-state index contributed by atoms with van der Waals surface area (Å²) in [5.74, 6) is 1.53. The van der Waals surface area contributed by atoms with Gasteiger partial charge in [0.05, 0.1) is 24.4 Å². The van der Waals surface area contributed by atoms with E-state index < -0.39 is 0 Å². The number of amidine groups is 1. The fourth-order valence-corrected chi connectivity index (χ4v) is 3.34. The van der Waals surface area contributed by atoms with Gasteiger partial charge in [-0.15, -0.1) is 0 Å². The molecule has 0 bridgehead atoms. The summed E-state index contributed by atoms with van der Waals surface area (Å²) < 4.78 is 5.68. The summed E-state index contributed by atoms with van der Waals surface area (Å²) in [6.07, 6.45) is 15.1. The first-order chi connectivity index (χ1) is 16.4. The Morgan fingerprint density at radius 3 is 2.68 bits per heavy atom. The van der Waals surface area contributed by atoms with Gasteiger partial charge in [0, 0.05) is 22.9 Å². The first kappa shape index (κ1) is 27.1. The highest BCUT2D eigenvalue weighted by molar-refractivity contribution is 6.30. The molecule has 0 aliphatic carbocycles. The van der Waals surface area contributed by atoms with Gasteiger partial charge in [-0.2, -0.15) is 0 Å². The van der Waals surface area contributed by atoms with Crippen LogP contribution in [0.25, 0.3) is 11.3 Å². The van der Waals surface area contributed by atoms with Crippen molar-refractivity contribution in [2.45, 2.75) is 47.0 Å². The van der Waals surface area contributed by atoms with Crippen LogP contribution >= 0.6 is 11.6 Å². The van der Waals surface area contributed by atoms with Crippen LogP contribution in [-0.4, -0.2) is 24.5 Å². The average molecular weight is 478 g/mol. The second-order valence-electron chi connectivity index (χ2n) is 8.06. The molecule has 0 radical (unpaired) electrons. The van der Waals surface area contributed by atoms with E-state index in [1.165, 1.54) is 5.57 Å². The number of pyridine rings is 1. The number of nitrogens with zero attached hydrogens (tertiary/aromatic N) is 2. The lowest BCUT2D eigenvalue weighted by Crippen LogP contribution is -2.21. The summed E-state index contributed by atoms with van der Waals surface area (Å²) in [5, 5.41) is 3.96. The minimum atomic E-state index is 0.477. The van der Waals surface area contributed by atoms with Gasteiger partial charge in [0.25, 0.3) is 0 Å². The Labute approximate surface area is 209 Å². The van der Waals surface area contributed by atoms with Crippen molar-refractivity contribution in [2.24, 2.45) is 4.99 Å². The van der Waals surface area contributed by atoms with Crippen molar-refractivity contribution in [1.82, 2.24) is 10.3 Å². The fourth-order valence-electron chi connectivity index (χ4n) is 3.23. The van der Waals surface area contributed by atoms with Gasteiger partial charge < -0.3 is 10.1 Å². The predicted octanol–water partition coefficient (Wildman–Crippen LogP) is 7.84. The van der Waals surface area contributed by atoms with Crippen molar-refractivity contribution in [3.05, 3.63) is 94.8 Å². The van der Waals surface area contributed by atoms with Crippen molar-refractivity contribution in [3.63, 3.8) is 0 Å². The van der Waals surface area contributed by atoms with Crippen molar-refractivity contribution in [3.8, 4) is 17.0 Å². The maximum atomic E-state index is 6.04. The van der Waals surface area contributed by atoms with Gasteiger partial charge in [-0.1, -0.05) is 68.3 Å². The molecule has 2 rings (SSSR count). The highest BCUT2D eigenvalue weighted by Crippen LogP contribution is 2.30. The number of rotatable bonds is 11. The summed E-state index contributed by atoms with van der Waals surface area (Å²) in [6, 6.07) is 7.80. The van der Waals surface area contributed by atoms with Crippen molar-refractivity contribution in [1.29, 1.82) is 0 Å². The summed E-state index contributed by atoms with van der Waals surface area (Å²) in [7, 11) is 1.67. The monoisotopic (exact) mass is 477 g/mol. The summed E-state index contributed by atoms with van der Waals surface area (Å²) >= 11 is 6.04. The highest BCUT2D eigenvalue weighted by Gasteiger charge is 2.14. The third-order valence-electron chi connectivity index (χ3n) is 5.21. The molecule has 1 heterocycles. The first-order valence-corrected chi connectivity index (χ1v) is 12.1. The summed E-state index contributed by atoms with van der Waals surface area (Å²) in [6.45, 7) is 13.1. The molecule has 0 fully saturated rings. The smallest absolute Gasteiger partial charge is 0.133 e. The zero-order valence-corrected chi connectivity index (χ0v) is 21.7. The number of methoxy groups -OCH3 is 1. The molecule has 0 atom stereocenters. The summed E-state index contributed by atoms with van der Waals surface area (Å²) in [5.41, 5.74) is 5.86. The standard InChI is InChI=1S/C29H36ClN3O/c1-7-9-11-21(3)12-13-22(4)19-33-29(31-16-10-8-2)26-17-24(18-28(34-6)23(26)5)27-15-14-25(30)20-32-27/h10-18,20H,4,7-9,19H2,1-3,5-6H3,(H,31,33)/b13-12-,16-10+,21-11+. The fraction of sp³-hybridized carbons (Fsp3) is 0.310. The van der Waals surface area contributed by atoms with Crippen molar-refractivity contribution < 1.29 is 4.74 Å². The van der Waals surface area contributed by atoms with Gasteiger partial charge in [0.2, 0.25) is 0 Å². The van der Waals surface area contributed by atoms with E-state index in [1.807, 2.05) is 37.4 Å². The molecule has 5 heteroatoms. The minimum Gasteiger partial charge on any atom is -0.496 e. The topological polar surface area (TPSA) is 46.5 Å². The van der Waals surface area contributed by atoms with Gasteiger partial charge in [-0.3, -0.25) is 9.98 Å². The van der Waals surface area contributed by atoms with E-state index in [9.17, 15) is 0 Å². The second kappa shape index (κ2) is 14.2. The van der Waals surface area contributed by atoms with Crippen LogP contribution in [-0.2, 0) is 0 Å². The number of hydrogen-bond acceptors (Lipinski definition) is 3.